The summed E-state index contributed by atoms with van der Waals surface area (Å²) in [4.78, 5) is 4.74. The van der Waals surface area contributed by atoms with Gasteiger partial charge in [-0.05, 0) is 85.0 Å². The van der Waals surface area contributed by atoms with Gasteiger partial charge in [-0.1, -0.05) is 85.0 Å². The molecule has 0 radical (unpaired) electrons. The molecule has 0 saturated heterocycles. The van der Waals surface area contributed by atoms with E-state index in [1.807, 2.05) is 0 Å². The molecular formula is C34H38N2. The molecule has 0 spiro atoms. The summed E-state index contributed by atoms with van der Waals surface area (Å²) in [5.74, 6) is 0. The van der Waals surface area contributed by atoms with Crippen LogP contribution in [0.25, 0.3) is 35.1 Å². The lowest BCUT2D eigenvalue weighted by molar-refractivity contribution is 0.866. The normalized spacial score (nSPS) is 11.6. The fourth-order valence-corrected chi connectivity index (χ4v) is 4.78. The summed E-state index contributed by atoms with van der Waals surface area (Å²) in [7, 11) is 0. The van der Waals surface area contributed by atoms with Gasteiger partial charge in [0.15, 0.2) is 0 Å². The van der Waals surface area contributed by atoms with E-state index in [4.69, 9.17) is 0 Å². The average molecular weight is 475 g/mol. The first kappa shape index (κ1) is 25.3. The Bertz CT molecular complexity index is 1200. The van der Waals surface area contributed by atoms with Crippen molar-refractivity contribution in [2.45, 2.75) is 27.7 Å². The van der Waals surface area contributed by atoms with E-state index in [0.29, 0.717) is 0 Å². The van der Waals surface area contributed by atoms with Crippen LogP contribution < -0.4 is 9.80 Å². The Morgan fingerprint density at radius 2 is 0.806 bits per heavy atom. The predicted octanol–water partition coefficient (Wildman–Crippen LogP) is 8.87. The number of rotatable bonds is 10. The molecule has 4 aromatic carbocycles. The first-order valence-electron chi connectivity index (χ1n) is 13.2. The number of benzene rings is 4. The van der Waals surface area contributed by atoms with Gasteiger partial charge in [0.2, 0.25) is 0 Å². The van der Waals surface area contributed by atoms with Gasteiger partial charge in [0.25, 0.3) is 0 Å². The van der Waals surface area contributed by atoms with Crippen LogP contribution in [0.1, 0.15) is 49.9 Å². The summed E-state index contributed by atoms with van der Waals surface area (Å²) >= 11 is 0. The van der Waals surface area contributed by atoms with Crippen LogP contribution in [0, 0.1) is 0 Å². The second-order valence-electron chi connectivity index (χ2n) is 8.98. The molecule has 0 atom stereocenters. The van der Waals surface area contributed by atoms with Gasteiger partial charge in [0.1, 0.15) is 0 Å². The van der Waals surface area contributed by atoms with E-state index < -0.39 is 0 Å². The fourth-order valence-electron chi connectivity index (χ4n) is 4.78. The van der Waals surface area contributed by atoms with E-state index in [9.17, 15) is 0 Å². The van der Waals surface area contributed by atoms with E-state index in [0.717, 1.165) is 26.2 Å². The molecule has 0 aliphatic rings. The molecule has 0 heterocycles. The lowest BCUT2D eigenvalue weighted by Crippen LogP contribution is -2.21. The molecule has 0 fully saturated rings. The highest BCUT2D eigenvalue weighted by molar-refractivity contribution is 5.99. The van der Waals surface area contributed by atoms with Crippen LogP contribution in [0.3, 0.4) is 0 Å². The fraction of sp³-hybridized carbons (Fsp3) is 0.235. The maximum Gasteiger partial charge on any atom is 0.0366 e. The van der Waals surface area contributed by atoms with Crippen molar-refractivity contribution in [2.24, 2.45) is 0 Å². The number of fused-ring (bicyclic) bond motifs is 1. The van der Waals surface area contributed by atoms with Crippen LogP contribution >= 0.6 is 0 Å². The van der Waals surface area contributed by atoms with E-state index in [1.165, 1.54) is 44.4 Å². The number of hydrogen-bond acceptors (Lipinski definition) is 2. The molecule has 0 aliphatic carbocycles. The number of nitrogens with zero attached hydrogens (tertiary/aromatic N) is 2. The third-order valence-corrected chi connectivity index (χ3v) is 6.95. The average Bonchev–Trinajstić information content (AvgIpc) is 2.93. The highest BCUT2D eigenvalue weighted by Gasteiger charge is 2.04. The van der Waals surface area contributed by atoms with E-state index in [-0.39, 0.29) is 0 Å². The summed E-state index contributed by atoms with van der Waals surface area (Å²) in [6.07, 6.45) is 8.88. The van der Waals surface area contributed by atoms with Crippen LogP contribution in [-0.4, -0.2) is 26.2 Å². The largest absolute Gasteiger partial charge is 0.372 e. The Balaban J connectivity index is 1.56. The zero-order valence-electron chi connectivity index (χ0n) is 22.1. The van der Waals surface area contributed by atoms with Crippen molar-refractivity contribution in [2.75, 3.05) is 36.0 Å². The first-order valence-corrected chi connectivity index (χ1v) is 13.2. The van der Waals surface area contributed by atoms with Gasteiger partial charge >= 0.3 is 0 Å². The van der Waals surface area contributed by atoms with Gasteiger partial charge < -0.3 is 9.80 Å². The molecular weight excluding hydrogens is 436 g/mol. The molecule has 2 heteroatoms. The Hall–Kier alpha value is -3.78. The van der Waals surface area contributed by atoms with Gasteiger partial charge in [-0.15, -0.1) is 0 Å². The third-order valence-electron chi connectivity index (χ3n) is 6.95. The van der Waals surface area contributed by atoms with Crippen LogP contribution in [0.2, 0.25) is 0 Å². The summed E-state index contributed by atoms with van der Waals surface area (Å²) in [6, 6.07) is 30.8. The maximum atomic E-state index is 2.37. The monoisotopic (exact) mass is 474 g/mol. The van der Waals surface area contributed by atoms with Crippen molar-refractivity contribution in [1.82, 2.24) is 0 Å². The van der Waals surface area contributed by atoms with Gasteiger partial charge in [0, 0.05) is 37.6 Å². The molecule has 0 N–H and O–H groups in total. The minimum Gasteiger partial charge on any atom is -0.372 e. The quantitative estimate of drug-likeness (QED) is 0.212. The first-order chi connectivity index (χ1) is 17.7. The highest BCUT2D eigenvalue weighted by Crippen LogP contribution is 2.27. The highest BCUT2D eigenvalue weighted by atomic mass is 15.1. The number of anilines is 2. The SMILES string of the molecule is CCN(CC)c1ccc(C=Cc2ccc(C=Cc3ccc(N(CC)CC)cc3)c3ccccc23)cc1. The lowest BCUT2D eigenvalue weighted by atomic mass is 9.98. The van der Waals surface area contributed by atoms with Crippen LogP contribution in [0.4, 0.5) is 11.4 Å². The lowest BCUT2D eigenvalue weighted by Gasteiger charge is -2.20. The number of hydrogen-bond donors (Lipinski definition) is 0. The minimum atomic E-state index is 1.03. The minimum absolute atomic E-state index is 1.03. The van der Waals surface area contributed by atoms with Gasteiger partial charge in [-0.3, -0.25) is 0 Å². The molecule has 0 saturated carbocycles. The zero-order chi connectivity index (χ0) is 25.3. The molecule has 0 unspecified atom stereocenters. The van der Waals surface area contributed by atoms with Crippen molar-refractivity contribution < 1.29 is 0 Å². The Kier molecular flexibility index (Phi) is 8.62. The zero-order valence-corrected chi connectivity index (χ0v) is 22.1. The van der Waals surface area contributed by atoms with Crippen molar-refractivity contribution in [1.29, 1.82) is 0 Å². The predicted molar refractivity (Wildman–Crippen MR) is 162 cm³/mol. The molecule has 36 heavy (non-hydrogen) atoms. The Morgan fingerprint density at radius 3 is 1.14 bits per heavy atom. The van der Waals surface area contributed by atoms with Crippen molar-refractivity contribution >= 4 is 46.5 Å². The van der Waals surface area contributed by atoms with Gasteiger partial charge in [0.05, 0.1) is 0 Å². The van der Waals surface area contributed by atoms with Crippen LogP contribution in [-0.2, 0) is 0 Å². The maximum absolute atomic E-state index is 2.37. The third kappa shape index (κ3) is 5.88. The summed E-state index contributed by atoms with van der Waals surface area (Å²) in [5.41, 5.74) is 7.46. The molecule has 0 bridgehead atoms. The van der Waals surface area contributed by atoms with Gasteiger partial charge in [-0.2, -0.15) is 0 Å². The second-order valence-corrected chi connectivity index (χ2v) is 8.98. The Labute approximate surface area is 217 Å². The molecule has 184 valence electrons. The summed E-state index contributed by atoms with van der Waals surface area (Å²) in [5, 5.41) is 2.54. The van der Waals surface area contributed by atoms with Gasteiger partial charge in [-0.25, -0.2) is 0 Å². The van der Waals surface area contributed by atoms with Crippen molar-refractivity contribution in [3.8, 4) is 0 Å². The van der Waals surface area contributed by atoms with Crippen molar-refractivity contribution in [3.63, 3.8) is 0 Å². The van der Waals surface area contributed by atoms with E-state index >= 15 is 0 Å². The van der Waals surface area contributed by atoms with Crippen LogP contribution in [0.5, 0.6) is 0 Å². The topological polar surface area (TPSA) is 6.48 Å². The van der Waals surface area contributed by atoms with Crippen molar-refractivity contribution in [3.05, 3.63) is 107 Å². The summed E-state index contributed by atoms with van der Waals surface area (Å²) in [6.45, 7) is 12.9. The summed E-state index contributed by atoms with van der Waals surface area (Å²) < 4.78 is 0. The molecule has 4 rings (SSSR count). The molecule has 0 aromatic heterocycles. The second kappa shape index (κ2) is 12.3. The molecule has 4 aromatic rings. The molecule has 2 nitrogen and oxygen atoms in total. The smallest absolute Gasteiger partial charge is 0.0366 e. The Morgan fingerprint density at radius 1 is 0.444 bits per heavy atom. The molecule has 0 aliphatic heterocycles. The standard InChI is InChI=1S/C34H38N2/c1-5-35(6-2)31-23-15-27(16-24-31)13-19-29-21-22-30(34-12-10-9-11-33(29)34)20-14-28-17-25-32(26-18-28)36(7-3)8-4/h9-26H,5-8H2,1-4H3. The molecule has 0 amide bonds. The van der Waals surface area contributed by atoms with E-state index in [1.54, 1.807) is 0 Å². The van der Waals surface area contributed by atoms with E-state index in [2.05, 4.69) is 147 Å². The van der Waals surface area contributed by atoms with Crippen LogP contribution in [0.15, 0.2) is 84.9 Å².